The molecule has 1 heterocycles. The molecule has 1 aromatic carbocycles. The van der Waals surface area contributed by atoms with Gasteiger partial charge in [0.15, 0.2) is 0 Å². The van der Waals surface area contributed by atoms with E-state index in [4.69, 9.17) is 0 Å². The summed E-state index contributed by atoms with van der Waals surface area (Å²) < 4.78 is 40.6. The van der Waals surface area contributed by atoms with Gasteiger partial charge in [0, 0.05) is 14.1 Å². The molecule has 0 aliphatic carbocycles. The molecule has 7 nitrogen and oxygen atoms in total. The second-order valence-electron chi connectivity index (χ2n) is 5.47. The van der Waals surface area contributed by atoms with Gasteiger partial charge in [0.25, 0.3) is 0 Å². The van der Waals surface area contributed by atoms with Gasteiger partial charge in [-0.25, -0.2) is 17.1 Å². The van der Waals surface area contributed by atoms with Crippen molar-refractivity contribution in [1.82, 2.24) is 14.1 Å². The molecule has 0 saturated carbocycles. The normalized spacial score (nSPS) is 11.8. The van der Waals surface area contributed by atoms with E-state index in [1.807, 2.05) is 0 Å². The third-order valence-electron chi connectivity index (χ3n) is 3.50. The van der Waals surface area contributed by atoms with Gasteiger partial charge in [-0.1, -0.05) is 12.1 Å². The van der Waals surface area contributed by atoms with Crippen molar-refractivity contribution >= 4 is 21.6 Å². The van der Waals surface area contributed by atoms with Gasteiger partial charge < -0.3 is 5.32 Å². The first-order chi connectivity index (χ1) is 11.1. The number of rotatable bonds is 5. The summed E-state index contributed by atoms with van der Waals surface area (Å²) >= 11 is 0. The maximum Gasteiger partial charge on any atom is 0.246 e. The lowest BCUT2D eigenvalue weighted by Crippen LogP contribution is -2.24. The number of carbonyl (C=O) groups is 1. The van der Waals surface area contributed by atoms with Crippen molar-refractivity contribution in [3.8, 4) is 0 Å². The Labute approximate surface area is 140 Å². The van der Waals surface area contributed by atoms with Gasteiger partial charge in [-0.05, 0) is 26.0 Å². The van der Waals surface area contributed by atoms with Gasteiger partial charge in [-0.2, -0.15) is 5.10 Å². The van der Waals surface area contributed by atoms with Gasteiger partial charge >= 0.3 is 0 Å². The molecule has 1 amide bonds. The van der Waals surface area contributed by atoms with Crippen molar-refractivity contribution in [3.05, 3.63) is 41.5 Å². The van der Waals surface area contributed by atoms with E-state index >= 15 is 0 Å². The first-order valence-electron chi connectivity index (χ1n) is 7.15. The molecule has 0 unspecified atom stereocenters. The summed E-state index contributed by atoms with van der Waals surface area (Å²) in [5.74, 6) is -1.05. The second-order valence-corrected chi connectivity index (χ2v) is 7.56. The lowest BCUT2D eigenvalue weighted by atomic mass is 10.3. The first kappa shape index (κ1) is 18.1. The van der Waals surface area contributed by atoms with Crippen LogP contribution in [0.15, 0.2) is 29.2 Å². The van der Waals surface area contributed by atoms with Crippen LogP contribution >= 0.6 is 0 Å². The molecule has 2 aromatic rings. The smallest absolute Gasteiger partial charge is 0.246 e. The van der Waals surface area contributed by atoms with Crippen molar-refractivity contribution < 1.29 is 17.6 Å². The molecule has 1 aromatic heterocycles. The zero-order valence-electron chi connectivity index (χ0n) is 13.9. The van der Waals surface area contributed by atoms with Crippen LogP contribution in [0.4, 0.5) is 10.1 Å². The topological polar surface area (TPSA) is 84.3 Å². The van der Waals surface area contributed by atoms with Crippen molar-refractivity contribution in [3.63, 3.8) is 0 Å². The van der Waals surface area contributed by atoms with Crippen LogP contribution in [-0.4, -0.2) is 42.5 Å². The Balaban J connectivity index is 2.26. The summed E-state index contributed by atoms with van der Waals surface area (Å²) in [6.45, 7) is 2.92. The summed E-state index contributed by atoms with van der Waals surface area (Å²) in [5, 5.41) is 6.56. The number of hydrogen-bond acceptors (Lipinski definition) is 4. The van der Waals surface area contributed by atoms with Gasteiger partial charge in [0.1, 0.15) is 17.3 Å². The number of hydrogen-bond donors (Lipinski definition) is 1. The van der Waals surface area contributed by atoms with Crippen LogP contribution in [0.3, 0.4) is 0 Å². The zero-order chi connectivity index (χ0) is 18.1. The van der Waals surface area contributed by atoms with Crippen LogP contribution in [0.5, 0.6) is 0 Å². The minimum absolute atomic E-state index is 0.0603. The van der Waals surface area contributed by atoms with E-state index in [-0.39, 0.29) is 17.1 Å². The Kier molecular flexibility index (Phi) is 5.05. The highest BCUT2D eigenvalue weighted by atomic mass is 32.2. The number of nitrogens with zero attached hydrogens (tertiary/aromatic N) is 3. The molecule has 0 atom stereocenters. The molecular weight excluding hydrogens is 335 g/mol. The van der Waals surface area contributed by atoms with Crippen molar-refractivity contribution in [1.29, 1.82) is 0 Å². The molecule has 0 radical (unpaired) electrons. The summed E-state index contributed by atoms with van der Waals surface area (Å²) in [6, 6.07) is 5.80. The lowest BCUT2D eigenvalue weighted by molar-refractivity contribution is -0.117. The molecule has 24 heavy (non-hydrogen) atoms. The van der Waals surface area contributed by atoms with E-state index in [9.17, 15) is 17.6 Å². The van der Waals surface area contributed by atoms with E-state index in [1.54, 1.807) is 19.9 Å². The number of aryl methyl sites for hydroxylation is 1. The van der Waals surface area contributed by atoms with Crippen LogP contribution in [-0.2, 0) is 21.4 Å². The molecule has 0 fully saturated rings. The monoisotopic (exact) mass is 354 g/mol. The minimum atomic E-state index is -3.66. The first-order valence-corrected chi connectivity index (χ1v) is 8.59. The number of nitrogens with one attached hydrogen (secondary N) is 1. The lowest BCUT2D eigenvalue weighted by Gasteiger charge is -2.12. The number of carbonyl (C=O) groups excluding carboxylic acids is 1. The van der Waals surface area contributed by atoms with Gasteiger partial charge in [-0.3, -0.25) is 9.48 Å². The highest BCUT2D eigenvalue weighted by Crippen LogP contribution is 2.22. The van der Waals surface area contributed by atoms with E-state index in [2.05, 4.69) is 10.4 Å². The summed E-state index contributed by atoms with van der Waals surface area (Å²) in [7, 11) is -0.806. The molecule has 130 valence electrons. The Hall–Kier alpha value is -2.26. The number of aromatic nitrogens is 2. The molecule has 0 aliphatic heterocycles. The molecular formula is C15H19FN4O3S. The SMILES string of the molecule is Cc1nn(CC(=O)Nc2ccccc2F)c(C)c1S(=O)(=O)N(C)C. The van der Waals surface area contributed by atoms with Crippen LogP contribution in [0, 0.1) is 19.7 Å². The summed E-state index contributed by atoms with van der Waals surface area (Å²) in [4.78, 5) is 12.2. The predicted octanol–water partition coefficient (Wildman–Crippen LogP) is 1.53. The van der Waals surface area contributed by atoms with Gasteiger partial charge in [-0.15, -0.1) is 0 Å². The average molecular weight is 354 g/mol. The molecule has 0 bridgehead atoms. The number of para-hydroxylation sites is 1. The van der Waals surface area contributed by atoms with Crippen LogP contribution in [0.2, 0.25) is 0 Å². The van der Waals surface area contributed by atoms with Crippen LogP contribution in [0.1, 0.15) is 11.4 Å². The fourth-order valence-electron chi connectivity index (χ4n) is 2.28. The molecule has 2 rings (SSSR count). The fourth-order valence-corrected chi connectivity index (χ4v) is 3.54. The van der Waals surface area contributed by atoms with E-state index in [0.29, 0.717) is 11.4 Å². The van der Waals surface area contributed by atoms with Crippen LogP contribution < -0.4 is 5.32 Å². The number of anilines is 1. The van der Waals surface area contributed by atoms with E-state index in [0.717, 1.165) is 4.31 Å². The Morgan fingerprint density at radius 2 is 1.92 bits per heavy atom. The number of amides is 1. The highest BCUT2D eigenvalue weighted by Gasteiger charge is 2.27. The quantitative estimate of drug-likeness (QED) is 0.882. The summed E-state index contributed by atoms with van der Waals surface area (Å²) in [5.41, 5.74) is 0.718. The van der Waals surface area contributed by atoms with Gasteiger partial charge in [0.05, 0.1) is 17.1 Å². The maximum absolute atomic E-state index is 13.6. The molecule has 9 heteroatoms. The Morgan fingerprint density at radius 1 is 1.29 bits per heavy atom. The van der Waals surface area contributed by atoms with Crippen molar-refractivity contribution in [2.24, 2.45) is 0 Å². The average Bonchev–Trinajstić information content (AvgIpc) is 2.76. The van der Waals surface area contributed by atoms with Crippen molar-refractivity contribution in [2.75, 3.05) is 19.4 Å². The maximum atomic E-state index is 13.6. The van der Waals surface area contributed by atoms with Crippen LogP contribution in [0.25, 0.3) is 0 Å². The molecule has 1 N–H and O–H groups in total. The third-order valence-corrected chi connectivity index (χ3v) is 5.56. The number of halogens is 1. The Bertz CT molecular complexity index is 875. The predicted molar refractivity (Wildman–Crippen MR) is 87.6 cm³/mol. The fraction of sp³-hybridized carbons (Fsp3) is 0.333. The standard InChI is InChI=1S/C15H19FN4O3S/c1-10-15(24(22,23)19(3)4)11(2)20(18-10)9-14(21)17-13-8-6-5-7-12(13)16/h5-8H,9H2,1-4H3,(H,17,21). The van der Waals surface area contributed by atoms with E-state index in [1.165, 1.54) is 37.0 Å². The largest absolute Gasteiger partial charge is 0.322 e. The molecule has 0 aliphatic rings. The second kappa shape index (κ2) is 6.70. The number of benzene rings is 1. The van der Waals surface area contributed by atoms with E-state index < -0.39 is 21.7 Å². The third kappa shape index (κ3) is 3.46. The van der Waals surface area contributed by atoms with Gasteiger partial charge in [0.2, 0.25) is 15.9 Å². The highest BCUT2D eigenvalue weighted by molar-refractivity contribution is 7.89. The number of sulfonamides is 1. The van der Waals surface area contributed by atoms with Crippen molar-refractivity contribution in [2.45, 2.75) is 25.3 Å². The zero-order valence-corrected chi connectivity index (χ0v) is 14.7. The molecule has 0 saturated heterocycles. The Morgan fingerprint density at radius 3 is 2.50 bits per heavy atom. The minimum Gasteiger partial charge on any atom is -0.322 e. The summed E-state index contributed by atoms with van der Waals surface area (Å²) in [6.07, 6.45) is 0. The molecule has 0 spiro atoms.